The van der Waals surface area contributed by atoms with Crippen LogP contribution in [0.3, 0.4) is 0 Å². The van der Waals surface area contributed by atoms with Crippen LogP contribution in [-0.4, -0.2) is 35.2 Å². The fourth-order valence-corrected chi connectivity index (χ4v) is 3.16. The Morgan fingerprint density at radius 3 is 2.43 bits per heavy atom. The predicted octanol–water partition coefficient (Wildman–Crippen LogP) is 1.30. The van der Waals surface area contributed by atoms with Crippen molar-refractivity contribution in [1.29, 1.82) is 0 Å². The Kier molecular flexibility index (Phi) is 4.44. The Labute approximate surface area is 122 Å². The fraction of sp³-hybridized carbons (Fsp3) is 0.214. The van der Waals surface area contributed by atoms with Crippen LogP contribution in [-0.2, 0) is 19.6 Å². The summed E-state index contributed by atoms with van der Waals surface area (Å²) in [6.45, 7) is -0.417. The van der Waals surface area contributed by atoms with Crippen LogP contribution in [0.5, 0.6) is 5.75 Å². The normalized spacial score (nSPS) is 11.3. The van der Waals surface area contributed by atoms with Crippen LogP contribution in [0.15, 0.2) is 41.3 Å². The molecule has 0 spiro atoms. The largest absolute Gasteiger partial charge is 0.496 e. The molecule has 21 heavy (non-hydrogen) atoms. The summed E-state index contributed by atoms with van der Waals surface area (Å²) in [6.07, 6.45) is 0. The van der Waals surface area contributed by atoms with Crippen molar-refractivity contribution in [3.05, 3.63) is 36.4 Å². The second-order valence-corrected chi connectivity index (χ2v) is 5.95. The first-order valence-electron chi connectivity index (χ1n) is 6.12. The first kappa shape index (κ1) is 15.3. The summed E-state index contributed by atoms with van der Waals surface area (Å²) in [7, 11) is -1.11. The molecule has 0 saturated carbocycles. The summed E-state index contributed by atoms with van der Waals surface area (Å²) in [5.74, 6) is -0.0751. The maximum Gasteiger partial charge on any atom is 0.320 e. The van der Waals surface area contributed by atoms with Gasteiger partial charge >= 0.3 is 5.97 Å². The number of sulfonamides is 1. The first-order chi connectivity index (χ1) is 9.99. The fourth-order valence-electron chi connectivity index (χ4n) is 1.97. The second kappa shape index (κ2) is 6.11. The summed E-state index contributed by atoms with van der Waals surface area (Å²) in [6, 6.07) is 10.0. The third-order valence-corrected chi connectivity index (χ3v) is 4.45. The van der Waals surface area contributed by atoms with Gasteiger partial charge in [-0.25, -0.2) is 8.42 Å². The molecule has 6 nitrogen and oxygen atoms in total. The number of hydrogen-bond acceptors (Lipinski definition) is 5. The molecular weight excluding hydrogens is 294 g/mol. The van der Waals surface area contributed by atoms with E-state index >= 15 is 0 Å². The number of benzene rings is 2. The molecule has 0 amide bonds. The van der Waals surface area contributed by atoms with E-state index in [1.807, 2.05) is 0 Å². The van der Waals surface area contributed by atoms with Gasteiger partial charge in [0, 0.05) is 10.8 Å². The van der Waals surface area contributed by atoms with E-state index in [0.717, 1.165) is 0 Å². The lowest BCUT2D eigenvalue weighted by Crippen LogP contribution is -2.30. The standard InChI is InChI=1S/C14H15NO5S/c1-19-12-7-3-6-11-10(12)5-4-8-13(11)21(17,18)15-9-14(16)20-2/h3-8,15H,9H2,1-2H3. The summed E-state index contributed by atoms with van der Waals surface area (Å²) in [5.41, 5.74) is 0. The number of methoxy groups -OCH3 is 2. The molecule has 2 aromatic carbocycles. The van der Waals surface area contributed by atoms with Crippen molar-refractivity contribution >= 4 is 26.8 Å². The monoisotopic (exact) mass is 309 g/mol. The van der Waals surface area contributed by atoms with Gasteiger partial charge < -0.3 is 9.47 Å². The van der Waals surface area contributed by atoms with E-state index in [1.54, 1.807) is 30.3 Å². The minimum Gasteiger partial charge on any atom is -0.496 e. The molecule has 0 saturated heterocycles. The summed E-state index contributed by atoms with van der Waals surface area (Å²) >= 11 is 0. The van der Waals surface area contributed by atoms with Gasteiger partial charge in [-0.1, -0.05) is 24.3 Å². The topological polar surface area (TPSA) is 81.7 Å². The molecule has 0 aliphatic rings. The van der Waals surface area contributed by atoms with E-state index in [4.69, 9.17) is 4.74 Å². The maximum atomic E-state index is 12.3. The van der Waals surface area contributed by atoms with Crippen molar-refractivity contribution < 1.29 is 22.7 Å². The highest BCUT2D eigenvalue weighted by molar-refractivity contribution is 7.89. The molecule has 0 radical (unpaired) electrons. The molecule has 0 aliphatic heterocycles. The number of fused-ring (bicyclic) bond motifs is 1. The van der Waals surface area contributed by atoms with E-state index in [2.05, 4.69) is 9.46 Å². The molecule has 0 aromatic heterocycles. The zero-order chi connectivity index (χ0) is 15.5. The highest BCUT2D eigenvalue weighted by atomic mass is 32.2. The second-order valence-electron chi connectivity index (χ2n) is 4.21. The van der Waals surface area contributed by atoms with Crippen LogP contribution in [0.2, 0.25) is 0 Å². The van der Waals surface area contributed by atoms with Gasteiger partial charge in [0.1, 0.15) is 12.3 Å². The Bertz CT molecular complexity index is 770. The third-order valence-electron chi connectivity index (χ3n) is 2.99. The van der Waals surface area contributed by atoms with Gasteiger partial charge in [-0.3, -0.25) is 4.79 Å². The Morgan fingerprint density at radius 1 is 1.10 bits per heavy atom. The number of carbonyl (C=O) groups excluding carboxylic acids is 1. The molecule has 2 aromatic rings. The van der Waals surface area contributed by atoms with Gasteiger partial charge in [-0.2, -0.15) is 4.72 Å². The summed E-state index contributed by atoms with van der Waals surface area (Å²) in [5, 5.41) is 1.20. The van der Waals surface area contributed by atoms with Crippen LogP contribution < -0.4 is 9.46 Å². The van der Waals surface area contributed by atoms with Gasteiger partial charge in [-0.15, -0.1) is 0 Å². The molecule has 0 unspecified atom stereocenters. The average molecular weight is 309 g/mol. The highest BCUT2D eigenvalue weighted by Gasteiger charge is 2.19. The summed E-state index contributed by atoms with van der Waals surface area (Å²) < 4.78 is 36.5. The van der Waals surface area contributed by atoms with Gasteiger partial charge in [0.15, 0.2) is 0 Å². The van der Waals surface area contributed by atoms with Crippen molar-refractivity contribution in [2.45, 2.75) is 4.90 Å². The number of carbonyl (C=O) groups is 1. The number of rotatable bonds is 5. The Hall–Kier alpha value is -2.12. The molecule has 2 rings (SSSR count). The zero-order valence-corrected chi connectivity index (χ0v) is 12.4. The van der Waals surface area contributed by atoms with Gasteiger partial charge in [0.25, 0.3) is 0 Å². The number of ether oxygens (including phenoxy) is 2. The quantitative estimate of drug-likeness (QED) is 0.842. The molecular formula is C14H15NO5S. The van der Waals surface area contributed by atoms with Crippen LogP contribution in [0, 0.1) is 0 Å². The van der Waals surface area contributed by atoms with Crippen LogP contribution >= 0.6 is 0 Å². The van der Waals surface area contributed by atoms with Crippen molar-refractivity contribution in [1.82, 2.24) is 4.72 Å². The molecule has 0 bridgehead atoms. The molecule has 1 N–H and O–H groups in total. The van der Waals surface area contributed by atoms with Crippen molar-refractivity contribution in [3.8, 4) is 5.75 Å². The lowest BCUT2D eigenvalue weighted by Gasteiger charge is -2.11. The van der Waals surface area contributed by atoms with E-state index in [-0.39, 0.29) is 4.90 Å². The van der Waals surface area contributed by atoms with E-state index < -0.39 is 22.5 Å². The van der Waals surface area contributed by atoms with E-state index in [9.17, 15) is 13.2 Å². The predicted molar refractivity (Wildman–Crippen MR) is 77.7 cm³/mol. The van der Waals surface area contributed by atoms with Crippen molar-refractivity contribution in [2.75, 3.05) is 20.8 Å². The number of nitrogens with one attached hydrogen (secondary N) is 1. The molecule has 0 heterocycles. The molecule has 0 fully saturated rings. The lowest BCUT2D eigenvalue weighted by atomic mass is 10.1. The molecule has 0 atom stereocenters. The third kappa shape index (κ3) is 3.14. The number of hydrogen-bond donors (Lipinski definition) is 1. The minimum absolute atomic E-state index is 0.0859. The smallest absolute Gasteiger partial charge is 0.320 e. The summed E-state index contributed by atoms with van der Waals surface area (Å²) in [4.78, 5) is 11.2. The van der Waals surface area contributed by atoms with Crippen LogP contribution in [0.1, 0.15) is 0 Å². The molecule has 112 valence electrons. The SMILES string of the molecule is COC(=O)CNS(=O)(=O)c1cccc2c(OC)cccc12. The van der Waals surface area contributed by atoms with Gasteiger partial charge in [0.05, 0.1) is 19.1 Å². The van der Waals surface area contributed by atoms with Gasteiger partial charge in [0.2, 0.25) is 10.0 Å². The molecule has 0 aliphatic carbocycles. The maximum absolute atomic E-state index is 12.3. The average Bonchev–Trinajstić information content (AvgIpc) is 2.51. The van der Waals surface area contributed by atoms with Gasteiger partial charge in [-0.05, 0) is 12.1 Å². The zero-order valence-electron chi connectivity index (χ0n) is 11.6. The van der Waals surface area contributed by atoms with Crippen LogP contribution in [0.25, 0.3) is 10.8 Å². The van der Waals surface area contributed by atoms with E-state index in [0.29, 0.717) is 16.5 Å². The minimum atomic E-state index is -3.82. The lowest BCUT2D eigenvalue weighted by molar-refractivity contribution is -0.139. The first-order valence-corrected chi connectivity index (χ1v) is 7.60. The van der Waals surface area contributed by atoms with Crippen molar-refractivity contribution in [2.24, 2.45) is 0 Å². The molecule has 7 heteroatoms. The Balaban J connectivity index is 2.49. The number of esters is 1. The Morgan fingerprint density at radius 2 is 1.76 bits per heavy atom. The highest BCUT2D eigenvalue weighted by Crippen LogP contribution is 2.29. The van der Waals surface area contributed by atoms with Crippen LogP contribution in [0.4, 0.5) is 0 Å². The van der Waals surface area contributed by atoms with Crippen molar-refractivity contribution in [3.63, 3.8) is 0 Å². The van der Waals surface area contributed by atoms with E-state index in [1.165, 1.54) is 20.3 Å².